The third-order valence-corrected chi connectivity index (χ3v) is 6.78. The minimum Gasteiger partial charge on any atom is -0.450 e. The Morgan fingerprint density at radius 3 is 2.36 bits per heavy atom. The third-order valence-electron chi connectivity index (χ3n) is 5.85. The minimum atomic E-state index is -1.46. The quantitative estimate of drug-likeness (QED) is 0.138. The maximum Gasteiger partial charge on any atom is 0.308 e. The molecule has 0 radical (unpaired) electrons. The summed E-state index contributed by atoms with van der Waals surface area (Å²) in [6.07, 6.45) is 1.99. The molecule has 224 valence electrons. The molecule has 2 unspecified atom stereocenters. The smallest absolute Gasteiger partial charge is 0.308 e. The Morgan fingerprint density at radius 1 is 1.02 bits per heavy atom. The second-order valence-electron chi connectivity index (χ2n) is 9.22. The van der Waals surface area contributed by atoms with Crippen LogP contribution in [0.2, 0.25) is 0 Å². The maximum absolute atomic E-state index is 14.0. The first kappa shape index (κ1) is 33.8. The van der Waals surface area contributed by atoms with Gasteiger partial charge in [0.1, 0.15) is 12.3 Å². The molecule has 2 aromatic rings. The van der Waals surface area contributed by atoms with Gasteiger partial charge >= 0.3 is 11.9 Å². The Morgan fingerprint density at radius 2 is 1.74 bits per heavy atom. The average molecular weight is 596 g/mol. The predicted molar refractivity (Wildman–Crippen MR) is 162 cm³/mol. The van der Waals surface area contributed by atoms with Crippen molar-refractivity contribution in [2.45, 2.75) is 46.3 Å². The van der Waals surface area contributed by atoms with Gasteiger partial charge < -0.3 is 25.0 Å². The number of carbonyl (C=O) groups excluding carboxylic acids is 5. The number of nitrogens with zero attached hydrogens (tertiary/aromatic N) is 1. The number of thioether (sulfide) groups is 1. The topological polar surface area (TPSA) is 131 Å². The first-order valence-electron chi connectivity index (χ1n) is 13.3. The highest BCUT2D eigenvalue weighted by atomic mass is 32.2. The Kier molecular flexibility index (Phi) is 14.0. The summed E-state index contributed by atoms with van der Waals surface area (Å²) in [5.41, 5.74) is 1.41. The van der Waals surface area contributed by atoms with Gasteiger partial charge in [-0.2, -0.15) is 0 Å². The van der Waals surface area contributed by atoms with Crippen molar-refractivity contribution in [1.82, 2.24) is 15.5 Å². The molecular weight excluding hydrogens is 558 g/mol. The third kappa shape index (κ3) is 10.9. The lowest BCUT2D eigenvalue weighted by molar-refractivity contribution is -0.160. The molecule has 2 aromatic carbocycles. The average Bonchev–Trinajstić information content (AvgIpc) is 2.95. The second-order valence-corrected chi connectivity index (χ2v) is 10.1. The van der Waals surface area contributed by atoms with Gasteiger partial charge in [-0.1, -0.05) is 48.6 Å². The van der Waals surface area contributed by atoms with Crippen LogP contribution < -0.4 is 15.4 Å². The summed E-state index contributed by atoms with van der Waals surface area (Å²) in [5.74, 6) is -2.59. The van der Waals surface area contributed by atoms with Crippen molar-refractivity contribution in [2.75, 3.05) is 19.0 Å². The van der Waals surface area contributed by atoms with E-state index in [0.717, 1.165) is 5.56 Å². The van der Waals surface area contributed by atoms with E-state index in [4.69, 9.17) is 9.47 Å². The molecule has 0 aliphatic rings. The van der Waals surface area contributed by atoms with Gasteiger partial charge in [0.05, 0.1) is 11.9 Å². The van der Waals surface area contributed by atoms with Gasteiger partial charge in [0.2, 0.25) is 12.0 Å². The van der Waals surface area contributed by atoms with Gasteiger partial charge in [0.15, 0.2) is 0 Å². The zero-order valence-corrected chi connectivity index (χ0v) is 25.1. The molecule has 0 saturated carbocycles. The lowest BCUT2D eigenvalue weighted by Crippen LogP contribution is -2.55. The summed E-state index contributed by atoms with van der Waals surface area (Å²) in [6.45, 7) is 9.38. The van der Waals surface area contributed by atoms with Crippen molar-refractivity contribution < 1.29 is 33.4 Å². The van der Waals surface area contributed by atoms with Crippen LogP contribution in [-0.2, 0) is 30.3 Å². The van der Waals surface area contributed by atoms with Gasteiger partial charge in [-0.25, -0.2) is 0 Å². The van der Waals surface area contributed by atoms with E-state index in [2.05, 4.69) is 17.2 Å². The first-order chi connectivity index (χ1) is 20.1. The highest BCUT2D eigenvalue weighted by Crippen LogP contribution is 2.23. The fourth-order valence-corrected chi connectivity index (χ4v) is 4.65. The van der Waals surface area contributed by atoms with Crippen molar-refractivity contribution >= 4 is 41.4 Å². The fourth-order valence-electron chi connectivity index (χ4n) is 3.97. The molecular formula is C31H37N3O7S. The fraction of sp³-hybridized carbons (Fsp3) is 0.323. The van der Waals surface area contributed by atoms with Gasteiger partial charge in [-0.15, -0.1) is 18.3 Å². The lowest BCUT2D eigenvalue weighted by Gasteiger charge is -2.31. The number of hydrogen-bond acceptors (Lipinski definition) is 8. The van der Waals surface area contributed by atoms with Crippen LogP contribution in [0.15, 0.2) is 72.7 Å². The van der Waals surface area contributed by atoms with Crippen molar-refractivity contribution in [2.24, 2.45) is 0 Å². The van der Waals surface area contributed by atoms with E-state index in [9.17, 15) is 24.0 Å². The molecule has 0 bridgehead atoms. The molecule has 0 spiro atoms. The van der Waals surface area contributed by atoms with E-state index >= 15 is 0 Å². The largest absolute Gasteiger partial charge is 0.450 e. The molecule has 0 fully saturated rings. The Hall–Kier alpha value is -4.38. The zero-order valence-electron chi connectivity index (χ0n) is 24.3. The van der Waals surface area contributed by atoms with Crippen LogP contribution in [0.25, 0.3) is 0 Å². The van der Waals surface area contributed by atoms with Crippen LogP contribution in [-0.4, -0.2) is 65.7 Å². The Balaban J connectivity index is 2.50. The van der Waals surface area contributed by atoms with Crippen molar-refractivity contribution in [3.05, 3.63) is 89.4 Å². The lowest BCUT2D eigenvalue weighted by atomic mass is 9.98. The molecule has 2 N–H and O–H groups in total. The molecule has 0 aliphatic heterocycles. The van der Waals surface area contributed by atoms with Gasteiger partial charge in [-0.05, 0) is 43.4 Å². The zero-order chi connectivity index (χ0) is 31.1. The molecule has 3 amide bonds. The summed E-state index contributed by atoms with van der Waals surface area (Å²) in [6, 6.07) is 12.8. The number of carbonyl (C=O) groups is 5. The molecule has 0 heterocycles. The number of ether oxygens (including phenoxy) is 2. The van der Waals surface area contributed by atoms with E-state index in [1.54, 1.807) is 36.6 Å². The first-order valence-corrected chi connectivity index (χ1v) is 14.3. The second kappa shape index (κ2) is 17.4. The van der Waals surface area contributed by atoms with E-state index in [1.807, 2.05) is 37.3 Å². The molecule has 2 atom stereocenters. The molecule has 11 heteroatoms. The molecule has 2 rings (SSSR count). The Bertz CT molecular complexity index is 1300. The predicted octanol–water partition coefficient (Wildman–Crippen LogP) is 3.55. The number of allylic oxidation sites excluding steroid dienone is 1. The van der Waals surface area contributed by atoms with E-state index < -0.39 is 41.8 Å². The summed E-state index contributed by atoms with van der Waals surface area (Å²) in [5, 5.41) is 7.27. The maximum atomic E-state index is 14.0. The number of rotatable bonds is 15. The molecule has 0 saturated heterocycles. The monoisotopic (exact) mass is 595 g/mol. The Labute approximate surface area is 250 Å². The summed E-state index contributed by atoms with van der Waals surface area (Å²) >= 11 is 1.28. The van der Waals surface area contributed by atoms with Gasteiger partial charge in [0.25, 0.3) is 11.8 Å². The number of esters is 2. The van der Waals surface area contributed by atoms with Gasteiger partial charge in [0, 0.05) is 31.5 Å². The number of hydrogen-bond donors (Lipinski definition) is 2. The summed E-state index contributed by atoms with van der Waals surface area (Å²) in [7, 11) is 0. The van der Waals surface area contributed by atoms with E-state index in [1.165, 1.54) is 36.6 Å². The van der Waals surface area contributed by atoms with E-state index in [-0.39, 0.29) is 36.7 Å². The molecule has 10 nitrogen and oxygen atoms in total. The minimum absolute atomic E-state index is 0.0952. The summed E-state index contributed by atoms with van der Waals surface area (Å²) < 4.78 is 10.8. The standard InChI is InChI=1S/C31H37N3O7S/c1-6-16-32-28(37)19-34(20-42-17-7-2)31(39)29(41-23(5)36)26(18-24-12-9-8-10-13-24)33-30(38)25-14-11-15-27(21(25)3)40-22(4)35/h6-15,17,26,29H,1,16,18-20H2,2-5H3,(H,32,37)(H,33,38)/b17-7-. The van der Waals surface area contributed by atoms with Crippen LogP contribution in [0.1, 0.15) is 42.3 Å². The van der Waals surface area contributed by atoms with Crippen molar-refractivity contribution in [1.29, 1.82) is 0 Å². The molecule has 0 aliphatic carbocycles. The highest BCUT2D eigenvalue weighted by Gasteiger charge is 2.37. The highest BCUT2D eigenvalue weighted by molar-refractivity contribution is 8.02. The normalized spacial score (nSPS) is 12.1. The van der Waals surface area contributed by atoms with Crippen LogP contribution >= 0.6 is 11.8 Å². The summed E-state index contributed by atoms with van der Waals surface area (Å²) in [4.78, 5) is 65.2. The SMILES string of the molecule is C=CCNC(=O)CN(CS/C=C\C)C(=O)C(OC(C)=O)C(Cc1ccccc1)NC(=O)c1cccc(OC(C)=O)c1C. The van der Waals surface area contributed by atoms with Crippen LogP contribution in [0.4, 0.5) is 0 Å². The number of benzene rings is 2. The van der Waals surface area contributed by atoms with Crippen molar-refractivity contribution in [3.63, 3.8) is 0 Å². The molecule has 42 heavy (non-hydrogen) atoms. The van der Waals surface area contributed by atoms with Gasteiger partial charge in [-0.3, -0.25) is 24.0 Å². The van der Waals surface area contributed by atoms with Crippen LogP contribution in [0.3, 0.4) is 0 Å². The van der Waals surface area contributed by atoms with Crippen LogP contribution in [0.5, 0.6) is 5.75 Å². The number of nitrogens with one attached hydrogen (secondary N) is 2. The van der Waals surface area contributed by atoms with E-state index in [0.29, 0.717) is 5.56 Å². The number of amides is 3. The van der Waals surface area contributed by atoms with Crippen molar-refractivity contribution in [3.8, 4) is 5.75 Å². The van der Waals surface area contributed by atoms with Crippen LogP contribution in [0, 0.1) is 6.92 Å². The molecule has 0 aromatic heterocycles.